The topological polar surface area (TPSA) is 40.5 Å². The smallest absolute Gasteiger partial charge is 0.304 e. The minimum atomic E-state index is -0.768. The first-order chi connectivity index (χ1) is 9.54. The summed E-state index contributed by atoms with van der Waals surface area (Å²) in [6.45, 7) is 4.13. The molecule has 1 fully saturated rings. The molecule has 0 spiro atoms. The number of carbonyl (C=O) groups is 1. The number of aliphatic carboxylic acids is 1. The summed E-state index contributed by atoms with van der Waals surface area (Å²) in [5.41, 5.74) is 0.996. The van der Waals surface area contributed by atoms with Crippen molar-refractivity contribution in [1.29, 1.82) is 0 Å². The summed E-state index contributed by atoms with van der Waals surface area (Å²) >= 11 is 0. The number of benzene rings is 1. The Balaban J connectivity index is 2.06. The van der Waals surface area contributed by atoms with Gasteiger partial charge in [-0.15, -0.1) is 0 Å². The molecule has 0 radical (unpaired) electrons. The first-order valence-electron chi connectivity index (χ1n) is 7.25. The Kier molecular flexibility index (Phi) is 5.12. The first kappa shape index (κ1) is 15.0. The molecule has 1 aliphatic heterocycles. The van der Waals surface area contributed by atoms with Gasteiger partial charge < -0.3 is 5.11 Å². The van der Waals surface area contributed by atoms with E-state index in [1.807, 2.05) is 0 Å². The molecule has 1 aromatic rings. The molecule has 110 valence electrons. The highest BCUT2D eigenvalue weighted by Crippen LogP contribution is 2.21. The van der Waals surface area contributed by atoms with Gasteiger partial charge in [0.1, 0.15) is 5.82 Å². The van der Waals surface area contributed by atoms with Crippen LogP contribution in [-0.4, -0.2) is 35.1 Å². The fraction of sp³-hybridized carbons (Fsp3) is 0.562. The lowest BCUT2D eigenvalue weighted by molar-refractivity contribution is -0.138. The highest BCUT2D eigenvalue weighted by atomic mass is 19.1. The zero-order valence-corrected chi connectivity index (χ0v) is 11.9. The number of hydrogen-bond acceptors (Lipinski definition) is 2. The van der Waals surface area contributed by atoms with E-state index in [9.17, 15) is 9.18 Å². The Morgan fingerprint density at radius 1 is 1.45 bits per heavy atom. The molecule has 1 saturated heterocycles. The molecule has 0 aliphatic carbocycles. The largest absolute Gasteiger partial charge is 0.481 e. The van der Waals surface area contributed by atoms with Crippen molar-refractivity contribution in [3.05, 3.63) is 35.6 Å². The lowest BCUT2D eigenvalue weighted by atomic mass is 9.95. The lowest BCUT2D eigenvalue weighted by Gasteiger charge is -2.36. The number of piperidine rings is 1. The third-order valence-electron chi connectivity index (χ3n) is 4.00. The molecular formula is C16H22FNO2. The second-order valence-corrected chi connectivity index (χ2v) is 5.82. The molecular weight excluding hydrogens is 257 g/mol. The summed E-state index contributed by atoms with van der Waals surface area (Å²) in [5, 5.41) is 9.12. The molecule has 0 bridgehead atoms. The van der Waals surface area contributed by atoms with Crippen molar-refractivity contribution in [3.63, 3.8) is 0 Å². The summed E-state index contributed by atoms with van der Waals surface area (Å²) in [5.74, 6) is -0.404. The molecule has 20 heavy (non-hydrogen) atoms. The summed E-state index contributed by atoms with van der Waals surface area (Å²) in [6.07, 6.45) is 3.15. The van der Waals surface area contributed by atoms with Gasteiger partial charge in [-0.25, -0.2) is 4.39 Å². The van der Waals surface area contributed by atoms with E-state index in [1.54, 1.807) is 12.1 Å². The molecule has 1 heterocycles. The number of nitrogens with zero attached hydrogens (tertiary/aromatic N) is 1. The average molecular weight is 279 g/mol. The maximum atomic E-state index is 12.9. The van der Waals surface area contributed by atoms with E-state index in [0.717, 1.165) is 25.1 Å². The van der Waals surface area contributed by atoms with E-state index in [2.05, 4.69) is 11.8 Å². The quantitative estimate of drug-likeness (QED) is 0.901. The Morgan fingerprint density at radius 3 is 2.75 bits per heavy atom. The predicted octanol–water partition coefficient (Wildman–Crippen LogP) is 2.94. The maximum absolute atomic E-state index is 12.9. The number of rotatable bonds is 5. The fourth-order valence-electron chi connectivity index (χ4n) is 2.98. The van der Waals surface area contributed by atoms with Crippen molar-refractivity contribution in [3.8, 4) is 0 Å². The van der Waals surface area contributed by atoms with Gasteiger partial charge in [-0.05, 0) is 49.4 Å². The van der Waals surface area contributed by atoms with Crippen LogP contribution in [0.15, 0.2) is 24.3 Å². The van der Waals surface area contributed by atoms with E-state index >= 15 is 0 Å². The molecule has 2 unspecified atom stereocenters. The highest BCUT2D eigenvalue weighted by molar-refractivity contribution is 5.67. The number of carboxylic acid groups (broad SMARTS) is 1. The first-order valence-corrected chi connectivity index (χ1v) is 7.25. The number of hydrogen-bond donors (Lipinski definition) is 1. The van der Waals surface area contributed by atoms with Crippen LogP contribution in [0.1, 0.15) is 31.7 Å². The van der Waals surface area contributed by atoms with Crippen molar-refractivity contribution in [1.82, 2.24) is 4.90 Å². The van der Waals surface area contributed by atoms with Crippen molar-refractivity contribution in [2.75, 3.05) is 13.1 Å². The second-order valence-electron chi connectivity index (χ2n) is 5.82. The van der Waals surface area contributed by atoms with Gasteiger partial charge >= 0.3 is 5.97 Å². The van der Waals surface area contributed by atoms with Gasteiger partial charge in [0.25, 0.3) is 0 Å². The summed E-state index contributed by atoms with van der Waals surface area (Å²) < 4.78 is 12.9. The van der Waals surface area contributed by atoms with Crippen LogP contribution in [-0.2, 0) is 11.2 Å². The Hall–Kier alpha value is -1.42. The van der Waals surface area contributed by atoms with Gasteiger partial charge in [-0.1, -0.05) is 19.1 Å². The number of likely N-dealkylation sites (tertiary alicyclic amines) is 1. The van der Waals surface area contributed by atoms with Crippen LogP contribution < -0.4 is 0 Å². The normalized spacial score (nSPS) is 21.6. The molecule has 0 amide bonds. The second kappa shape index (κ2) is 6.84. The van der Waals surface area contributed by atoms with Crippen LogP contribution >= 0.6 is 0 Å². The van der Waals surface area contributed by atoms with E-state index in [-0.39, 0.29) is 18.3 Å². The van der Waals surface area contributed by atoms with Gasteiger partial charge in [0.15, 0.2) is 0 Å². The van der Waals surface area contributed by atoms with E-state index in [4.69, 9.17) is 5.11 Å². The Labute approximate surface area is 119 Å². The van der Waals surface area contributed by atoms with Gasteiger partial charge in [0.2, 0.25) is 0 Å². The molecule has 2 atom stereocenters. The van der Waals surface area contributed by atoms with Crippen molar-refractivity contribution >= 4 is 5.97 Å². The predicted molar refractivity (Wildman–Crippen MR) is 76.1 cm³/mol. The van der Waals surface area contributed by atoms with Crippen LogP contribution in [0, 0.1) is 11.7 Å². The van der Waals surface area contributed by atoms with Crippen molar-refractivity contribution in [2.45, 2.75) is 38.6 Å². The Bertz CT molecular complexity index is 446. The molecule has 1 aliphatic rings. The van der Waals surface area contributed by atoms with Gasteiger partial charge in [0.05, 0.1) is 6.42 Å². The van der Waals surface area contributed by atoms with Gasteiger partial charge in [0, 0.05) is 12.6 Å². The monoisotopic (exact) mass is 279 g/mol. The summed E-state index contributed by atoms with van der Waals surface area (Å²) in [7, 11) is 0. The minimum Gasteiger partial charge on any atom is -0.481 e. The minimum absolute atomic E-state index is 0.000659. The maximum Gasteiger partial charge on any atom is 0.304 e. The van der Waals surface area contributed by atoms with Gasteiger partial charge in [-0.2, -0.15) is 0 Å². The highest BCUT2D eigenvalue weighted by Gasteiger charge is 2.25. The van der Waals surface area contributed by atoms with Crippen LogP contribution in [0.4, 0.5) is 4.39 Å². The van der Waals surface area contributed by atoms with Crippen LogP contribution in [0.3, 0.4) is 0 Å². The van der Waals surface area contributed by atoms with Crippen LogP contribution in [0.25, 0.3) is 0 Å². The summed E-state index contributed by atoms with van der Waals surface area (Å²) in [4.78, 5) is 13.4. The molecule has 1 aromatic carbocycles. The SMILES string of the molecule is CC1CCCN(C(CC(=O)O)Cc2ccc(F)cc2)C1. The third kappa shape index (κ3) is 4.30. The van der Waals surface area contributed by atoms with E-state index in [0.29, 0.717) is 12.3 Å². The molecule has 2 rings (SSSR count). The van der Waals surface area contributed by atoms with Crippen molar-refractivity contribution < 1.29 is 14.3 Å². The van der Waals surface area contributed by atoms with Crippen LogP contribution in [0.2, 0.25) is 0 Å². The number of halogens is 1. The molecule has 4 heteroatoms. The van der Waals surface area contributed by atoms with E-state index < -0.39 is 5.97 Å². The van der Waals surface area contributed by atoms with E-state index in [1.165, 1.54) is 18.6 Å². The molecule has 1 N–H and O–H groups in total. The fourth-order valence-corrected chi connectivity index (χ4v) is 2.98. The zero-order chi connectivity index (χ0) is 14.5. The Morgan fingerprint density at radius 2 is 2.15 bits per heavy atom. The lowest BCUT2D eigenvalue weighted by Crippen LogP contribution is -2.44. The summed E-state index contributed by atoms with van der Waals surface area (Å²) in [6, 6.07) is 6.37. The zero-order valence-electron chi connectivity index (χ0n) is 11.9. The molecule has 3 nitrogen and oxygen atoms in total. The van der Waals surface area contributed by atoms with Gasteiger partial charge in [-0.3, -0.25) is 9.69 Å². The standard InChI is InChI=1S/C16H22FNO2/c1-12-3-2-8-18(11-12)15(10-16(19)20)9-13-4-6-14(17)7-5-13/h4-7,12,15H,2-3,8-11H2,1H3,(H,19,20). The average Bonchev–Trinajstić information content (AvgIpc) is 2.40. The molecule has 0 saturated carbocycles. The van der Waals surface area contributed by atoms with Crippen LogP contribution in [0.5, 0.6) is 0 Å². The third-order valence-corrected chi connectivity index (χ3v) is 4.00. The molecule has 0 aromatic heterocycles. The van der Waals surface area contributed by atoms with Crippen molar-refractivity contribution in [2.24, 2.45) is 5.92 Å². The number of carboxylic acids is 1.